The molecule has 10 heteroatoms. The summed E-state index contributed by atoms with van der Waals surface area (Å²) < 4.78 is 27.8. The molecule has 0 atom stereocenters. The highest BCUT2D eigenvalue weighted by atomic mass is 32.2. The van der Waals surface area contributed by atoms with Gasteiger partial charge in [0.2, 0.25) is 10.0 Å². The fraction of sp³-hybridized carbons (Fsp3) is 0.391. The van der Waals surface area contributed by atoms with Crippen molar-refractivity contribution in [1.29, 1.82) is 0 Å². The lowest BCUT2D eigenvalue weighted by atomic mass is 10.2. The molecule has 0 spiro atoms. The summed E-state index contributed by atoms with van der Waals surface area (Å²) in [5.74, 6) is -0.280. The highest BCUT2D eigenvalue weighted by molar-refractivity contribution is 7.89. The summed E-state index contributed by atoms with van der Waals surface area (Å²) in [7, 11) is 0.216. The molecular weight excluding hydrogens is 458 g/mol. The lowest BCUT2D eigenvalue weighted by Crippen LogP contribution is -2.44. The number of carbonyl (C=O) groups is 1. The number of rotatable bonds is 6. The number of fused-ring (bicyclic) bond motifs is 1. The van der Waals surface area contributed by atoms with Crippen LogP contribution in [0.25, 0.3) is 10.2 Å². The number of hydrogen-bond acceptors (Lipinski definition) is 7. The molecule has 2 aliphatic rings. The van der Waals surface area contributed by atoms with E-state index in [-0.39, 0.29) is 16.8 Å². The summed E-state index contributed by atoms with van der Waals surface area (Å²) in [6, 6.07) is 11.9. The van der Waals surface area contributed by atoms with Crippen molar-refractivity contribution in [3.05, 3.63) is 48.0 Å². The molecule has 1 saturated carbocycles. The van der Waals surface area contributed by atoms with Crippen LogP contribution in [0.2, 0.25) is 0 Å². The summed E-state index contributed by atoms with van der Waals surface area (Å²) in [5, 5.41) is 3.92. The first-order valence-electron chi connectivity index (χ1n) is 11.0. The highest BCUT2D eigenvalue weighted by Gasteiger charge is 2.35. The fourth-order valence-electron chi connectivity index (χ4n) is 3.91. The number of nitrogens with zero attached hydrogens (tertiary/aromatic N) is 4. The van der Waals surface area contributed by atoms with Crippen molar-refractivity contribution in [3.63, 3.8) is 0 Å². The van der Waals surface area contributed by atoms with E-state index in [2.05, 4.69) is 22.2 Å². The molecule has 1 aromatic heterocycles. The molecule has 174 valence electrons. The second-order valence-electron chi connectivity index (χ2n) is 8.70. The second-order valence-corrected chi connectivity index (χ2v) is 11.7. The molecule has 2 heterocycles. The van der Waals surface area contributed by atoms with Crippen LogP contribution in [0, 0.1) is 0 Å². The van der Waals surface area contributed by atoms with Crippen molar-refractivity contribution < 1.29 is 13.2 Å². The standard InChI is InChI=1S/C23H27N5O3S2/c1-26-11-13-28(14-12-26)23-25-20-10-5-17(15-21(20)32-23)24-22(29)16-3-8-19(9-4-16)33(30,31)27(2)18-6-7-18/h3-5,8-10,15,18H,6-7,11-14H2,1-2H3,(H,24,29). The third-order valence-electron chi connectivity index (χ3n) is 6.26. The molecule has 2 fully saturated rings. The van der Waals surface area contributed by atoms with Crippen molar-refractivity contribution in [3.8, 4) is 0 Å². The van der Waals surface area contributed by atoms with Gasteiger partial charge in [-0.15, -0.1) is 0 Å². The van der Waals surface area contributed by atoms with E-state index in [1.54, 1.807) is 30.5 Å². The first kappa shape index (κ1) is 22.3. The quantitative estimate of drug-likeness (QED) is 0.578. The number of thiazole rings is 1. The molecule has 1 aliphatic heterocycles. The average Bonchev–Trinajstić information content (AvgIpc) is 3.58. The van der Waals surface area contributed by atoms with Crippen LogP contribution in [0.5, 0.6) is 0 Å². The molecule has 1 aliphatic carbocycles. The van der Waals surface area contributed by atoms with E-state index in [0.29, 0.717) is 11.3 Å². The predicted molar refractivity (Wildman–Crippen MR) is 132 cm³/mol. The predicted octanol–water partition coefficient (Wildman–Crippen LogP) is 3.08. The first-order chi connectivity index (χ1) is 15.8. The van der Waals surface area contributed by atoms with E-state index in [1.165, 1.54) is 16.4 Å². The Morgan fingerprint density at radius 2 is 1.79 bits per heavy atom. The van der Waals surface area contributed by atoms with Crippen LogP contribution in [0.1, 0.15) is 23.2 Å². The Hall–Kier alpha value is -2.53. The van der Waals surface area contributed by atoms with Gasteiger partial charge in [0.15, 0.2) is 5.13 Å². The van der Waals surface area contributed by atoms with E-state index < -0.39 is 10.0 Å². The summed E-state index contributed by atoms with van der Waals surface area (Å²) >= 11 is 1.63. The summed E-state index contributed by atoms with van der Waals surface area (Å²) in [6.07, 6.45) is 1.80. The van der Waals surface area contributed by atoms with Gasteiger partial charge in [-0.2, -0.15) is 4.31 Å². The van der Waals surface area contributed by atoms with Crippen LogP contribution in [0.15, 0.2) is 47.4 Å². The van der Waals surface area contributed by atoms with Gasteiger partial charge in [0.25, 0.3) is 5.91 Å². The number of anilines is 2. The van der Waals surface area contributed by atoms with Crippen LogP contribution in [0.4, 0.5) is 10.8 Å². The Labute approximate surface area is 197 Å². The van der Waals surface area contributed by atoms with Crippen molar-refractivity contribution >= 4 is 48.3 Å². The molecule has 3 aromatic rings. The fourth-order valence-corrected chi connectivity index (χ4v) is 6.38. The highest BCUT2D eigenvalue weighted by Crippen LogP contribution is 2.32. The van der Waals surface area contributed by atoms with Crippen molar-refractivity contribution in [1.82, 2.24) is 14.2 Å². The van der Waals surface area contributed by atoms with Gasteiger partial charge in [-0.25, -0.2) is 13.4 Å². The Kier molecular flexibility index (Phi) is 5.86. The van der Waals surface area contributed by atoms with Crippen molar-refractivity contribution in [2.75, 3.05) is 50.5 Å². The molecule has 2 aromatic carbocycles. The van der Waals surface area contributed by atoms with Crippen molar-refractivity contribution in [2.45, 2.75) is 23.8 Å². The summed E-state index contributed by atoms with van der Waals surface area (Å²) in [4.78, 5) is 22.3. The Bertz CT molecular complexity index is 1280. The number of piperazine rings is 1. The molecule has 0 bridgehead atoms. The third-order valence-corrected chi connectivity index (χ3v) is 9.27. The molecule has 1 saturated heterocycles. The van der Waals surface area contributed by atoms with Crippen LogP contribution >= 0.6 is 11.3 Å². The van der Waals surface area contributed by atoms with Crippen LogP contribution in [0.3, 0.4) is 0 Å². The molecule has 1 amide bonds. The summed E-state index contributed by atoms with van der Waals surface area (Å²) in [6.45, 7) is 3.96. The van der Waals surface area contributed by atoms with Crippen LogP contribution in [-0.4, -0.2) is 74.8 Å². The average molecular weight is 486 g/mol. The van der Waals surface area contributed by atoms with Gasteiger partial charge in [0, 0.05) is 50.5 Å². The lowest BCUT2D eigenvalue weighted by Gasteiger charge is -2.31. The lowest BCUT2D eigenvalue weighted by molar-refractivity contribution is 0.102. The molecule has 8 nitrogen and oxygen atoms in total. The van der Waals surface area contributed by atoms with E-state index in [4.69, 9.17) is 4.98 Å². The Morgan fingerprint density at radius 1 is 1.09 bits per heavy atom. The Morgan fingerprint density at radius 3 is 2.45 bits per heavy atom. The molecule has 33 heavy (non-hydrogen) atoms. The maximum Gasteiger partial charge on any atom is 0.255 e. The van der Waals surface area contributed by atoms with Gasteiger partial charge in [0.1, 0.15) is 0 Å². The molecular formula is C23H27N5O3S2. The van der Waals surface area contributed by atoms with Gasteiger partial charge in [-0.3, -0.25) is 4.79 Å². The minimum absolute atomic E-state index is 0.0939. The first-order valence-corrected chi connectivity index (χ1v) is 13.3. The van der Waals surface area contributed by atoms with E-state index >= 15 is 0 Å². The topological polar surface area (TPSA) is 85.8 Å². The van der Waals surface area contributed by atoms with Crippen molar-refractivity contribution in [2.24, 2.45) is 0 Å². The van der Waals surface area contributed by atoms with Crippen LogP contribution in [-0.2, 0) is 10.0 Å². The monoisotopic (exact) mass is 485 g/mol. The minimum Gasteiger partial charge on any atom is -0.345 e. The zero-order valence-corrected chi connectivity index (χ0v) is 20.3. The zero-order chi connectivity index (χ0) is 23.2. The molecule has 0 unspecified atom stereocenters. The third kappa shape index (κ3) is 4.61. The molecule has 5 rings (SSSR count). The zero-order valence-electron chi connectivity index (χ0n) is 18.7. The number of carbonyl (C=O) groups excluding carboxylic acids is 1. The number of likely N-dealkylation sites (N-methyl/N-ethyl adjacent to an activating group) is 1. The number of hydrogen-bond donors (Lipinski definition) is 1. The molecule has 0 radical (unpaired) electrons. The Balaban J connectivity index is 1.28. The van der Waals surface area contributed by atoms with E-state index in [1.807, 2.05) is 18.2 Å². The van der Waals surface area contributed by atoms with Gasteiger partial charge < -0.3 is 15.1 Å². The number of aromatic nitrogens is 1. The largest absolute Gasteiger partial charge is 0.345 e. The maximum absolute atomic E-state index is 12.8. The van der Waals surface area contributed by atoms with Gasteiger partial charge in [0.05, 0.1) is 15.1 Å². The normalized spacial score (nSPS) is 17.6. The minimum atomic E-state index is -3.52. The van der Waals surface area contributed by atoms with Gasteiger partial charge in [-0.1, -0.05) is 11.3 Å². The van der Waals surface area contributed by atoms with Gasteiger partial charge in [-0.05, 0) is 62.4 Å². The van der Waals surface area contributed by atoms with E-state index in [9.17, 15) is 13.2 Å². The SMILES string of the molecule is CN1CCN(c2nc3ccc(NC(=O)c4ccc(S(=O)(=O)N(C)C5CC5)cc4)cc3s2)CC1. The smallest absolute Gasteiger partial charge is 0.255 e. The molecule has 1 N–H and O–H groups in total. The number of amides is 1. The van der Waals surface area contributed by atoms with Gasteiger partial charge >= 0.3 is 0 Å². The number of sulfonamides is 1. The summed E-state index contributed by atoms with van der Waals surface area (Å²) in [5.41, 5.74) is 2.01. The number of benzene rings is 2. The second kappa shape index (κ2) is 8.68. The number of nitrogens with one attached hydrogen (secondary N) is 1. The maximum atomic E-state index is 12.8. The van der Waals surface area contributed by atoms with Crippen LogP contribution < -0.4 is 10.2 Å². The van der Waals surface area contributed by atoms with E-state index in [0.717, 1.165) is 54.4 Å².